The Bertz CT molecular complexity index is 1190. The maximum atomic E-state index is 12.9. The highest BCUT2D eigenvalue weighted by Crippen LogP contribution is 2.37. The fourth-order valence-electron chi connectivity index (χ4n) is 2.93. The quantitative estimate of drug-likeness (QED) is 0.204. The third-order valence-corrected chi connectivity index (χ3v) is 4.76. The Hall–Kier alpha value is -3.79. The Balaban J connectivity index is 1.80. The summed E-state index contributed by atoms with van der Waals surface area (Å²) in [5.74, 6) is 0.712. The van der Waals surface area contributed by atoms with Gasteiger partial charge >= 0.3 is 6.18 Å². The van der Waals surface area contributed by atoms with E-state index in [1.807, 2.05) is 30.3 Å². The largest absolute Gasteiger partial charge is 0.490 e. The SMILES string of the molecule is CCOc1cc(/C=N\Nc2ccc(C(F)(F)F)cc2[N+](=O)[O-])cc(Cl)c1OCc1ccccc1. The summed E-state index contributed by atoms with van der Waals surface area (Å²) in [7, 11) is 0. The summed E-state index contributed by atoms with van der Waals surface area (Å²) in [5.41, 5.74) is 1.72. The smallest absolute Gasteiger partial charge is 0.416 e. The molecule has 0 heterocycles. The van der Waals surface area contributed by atoms with Crippen LogP contribution in [0.1, 0.15) is 23.6 Å². The molecule has 34 heavy (non-hydrogen) atoms. The van der Waals surface area contributed by atoms with Crippen molar-refractivity contribution in [1.82, 2.24) is 0 Å². The number of rotatable bonds is 9. The van der Waals surface area contributed by atoms with Gasteiger partial charge in [-0.05, 0) is 42.3 Å². The molecule has 3 rings (SSSR count). The van der Waals surface area contributed by atoms with Gasteiger partial charge < -0.3 is 9.47 Å². The van der Waals surface area contributed by atoms with Crippen LogP contribution in [-0.4, -0.2) is 17.7 Å². The molecule has 1 N–H and O–H groups in total. The predicted molar refractivity (Wildman–Crippen MR) is 123 cm³/mol. The number of hydrogen-bond donors (Lipinski definition) is 1. The first-order valence-electron chi connectivity index (χ1n) is 9.96. The molecule has 0 aliphatic rings. The first kappa shape index (κ1) is 24.8. The molecular formula is C23H19ClF3N3O4. The molecule has 0 aliphatic heterocycles. The molecule has 11 heteroatoms. The number of nitro groups is 1. The summed E-state index contributed by atoms with van der Waals surface area (Å²) in [5, 5.41) is 15.3. The van der Waals surface area contributed by atoms with Crippen LogP contribution in [0.5, 0.6) is 11.5 Å². The van der Waals surface area contributed by atoms with Gasteiger partial charge in [0.1, 0.15) is 12.3 Å². The van der Waals surface area contributed by atoms with E-state index >= 15 is 0 Å². The van der Waals surface area contributed by atoms with Gasteiger partial charge in [0.15, 0.2) is 11.5 Å². The van der Waals surface area contributed by atoms with E-state index in [0.717, 1.165) is 17.7 Å². The van der Waals surface area contributed by atoms with Gasteiger partial charge in [-0.3, -0.25) is 15.5 Å². The van der Waals surface area contributed by atoms with E-state index in [-0.39, 0.29) is 17.3 Å². The predicted octanol–water partition coefficient (Wildman–Crippen LogP) is 6.69. The van der Waals surface area contributed by atoms with Gasteiger partial charge in [-0.1, -0.05) is 41.9 Å². The highest BCUT2D eigenvalue weighted by molar-refractivity contribution is 6.32. The van der Waals surface area contributed by atoms with Crippen molar-refractivity contribution in [1.29, 1.82) is 0 Å². The van der Waals surface area contributed by atoms with Crippen molar-refractivity contribution < 1.29 is 27.6 Å². The second-order valence-electron chi connectivity index (χ2n) is 6.89. The van der Waals surface area contributed by atoms with Crippen molar-refractivity contribution in [2.24, 2.45) is 5.10 Å². The highest BCUT2D eigenvalue weighted by Gasteiger charge is 2.33. The summed E-state index contributed by atoms with van der Waals surface area (Å²) in [6.45, 7) is 2.41. The average Bonchev–Trinajstić information content (AvgIpc) is 2.79. The van der Waals surface area contributed by atoms with Crippen LogP contribution in [0.25, 0.3) is 0 Å². The molecule has 178 valence electrons. The second-order valence-corrected chi connectivity index (χ2v) is 7.30. The van der Waals surface area contributed by atoms with Crippen LogP contribution in [0.4, 0.5) is 24.5 Å². The highest BCUT2D eigenvalue weighted by atomic mass is 35.5. The van der Waals surface area contributed by atoms with E-state index < -0.39 is 22.4 Å². The van der Waals surface area contributed by atoms with E-state index in [4.69, 9.17) is 21.1 Å². The number of alkyl halides is 3. The summed E-state index contributed by atoms with van der Waals surface area (Å²) >= 11 is 6.38. The van der Waals surface area contributed by atoms with Crippen molar-refractivity contribution in [2.75, 3.05) is 12.0 Å². The molecule has 0 saturated carbocycles. The zero-order valence-corrected chi connectivity index (χ0v) is 18.6. The van der Waals surface area contributed by atoms with Crippen LogP contribution in [0, 0.1) is 10.1 Å². The number of anilines is 1. The number of halogens is 4. The Labute approximate surface area is 197 Å². The van der Waals surface area contributed by atoms with E-state index in [9.17, 15) is 23.3 Å². The van der Waals surface area contributed by atoms with Crippen molar-refractivity contribution in [3.05, 3.63) is 92.5 Å². The number of nitro benzene ring substituents is 1. The lowest BCUT2D eigenvalue weighted by Crippen LogP contribution is -2.06. The molecule has 0 aromatic heterocycles. The third kappa shape index (κ3) is 6.38. The normalized spacial score (nSPS) is 11.4. The average molecular weight is 494 g/mol. The van der Waals surface area contributed by atoms with Gasteiger partial charge in [-0.2, -0.15) is 18.3 Å². The molecule has 0 unspecified atom stereocenters. The molecule has 0 amide bonds. The minimum absolute atomic E-state index is 0.201. The van der Waals surface area contributed by atoms with Crippen LogP contribution in [0.3, 0.4) is 0 Å². The van der Waals surface area contributed by atoms with Gasteiger partial charge in [0, 0.05) is 6.07 Å². The third-order valence-electron chi connectivity index (χ3n) is 4.48. The lowest BCUT2D eigenvalue weighted by Gasteiger charge is -2.14. The Morgan fingerprint density at radius 1 is 1.12 bits per heavy atom. The number of hydrogen-bond acceptors (Lipinski definition) is 6. The number of benzene rings is 3. The van der Waals surface area contributed by atoms with Gasteiger partial charge in [0.05, 0.1) is 28.3 Å². The topological polar surface area (TPSA) is 86.0 Å². The Morgan fingerprint density at radius 3 is 2.50 bits per heavy atom. The molecule has 0 fully saturated rings. The van der Waals surface area contributed by atoms with Gasteiger partial charge in [-0.25, -0.2) is 0 Å². The van der Waals surface area contributed by atoms with Crippen LogP contribution >= 0.6 is 11.6 Å². The monoisotopic (exact) mass is 493 g/mol. The van der Waals surface area contributed by atoms with E-state index in [1.54, 1.807) is 19.1 Å². The fraction of sp³-hybridized carbons (Fsp3) is 0.174. The van der Waals surface area contributed by atoms with E-state index in [0.29, 0.717) is 29.7 Å². The summed E-state index contributed by atoms with van der Waals surface area (Å²) < 4.78 is 50.0. The number of nitrogens with zero attached hydrogens (tertiary/aromatic N) is 2. The van der Waals surface area contributed by atoms with Crippen LogP contribution < -0.4 is 14.9 Å². The van der Waals surface area contributed by atoms with Crippen LogP contribution in [0.2, 0.25) is 5.02 Å². The molecule has 0 radical (unpaired) electrons. The first-order valence-corrected chi connectivity index (χ1v) is 10.3. The minimum atomic E-state index is -4.71. The zero-order chi connectivity index (χ0) is 24.7. The standard InChI is InChI=1S/C23H19ClF3N3O4/c1-2-33-21-11-16(10-18(24)22(21)34-14-15-6-4-3-5-7-15)13-28-29-19-9-8-17(23(25,26)27)12-20(19)30(31)32/h3-13,29H,2,14H2,1H3/b28-13-. The van der Waals surface area contributed by atoms with E-state index in [2.05, 4.69) is 10.5 Å². The molecule has 0 spiro atoms. The molecule has 3 aromatic carbocycles. The summed E-state index contributed by atoms with van der Waals surface area (Å²) in [4.78, 5) is 10.3. The van der Waals surface area contributed by atoms with Gasteiger partial charge in [-0.15, -0.1) is 0 Å². The molecular weight excluding hydrogens is 475 g/mol. The molecule has 0 bridgehead atoms. The van der Waals surface area contributed by atoms with Crippen molar-refractivity contribution >= 4 is 29.2 Å². The van der Waals surface area contributed by atoms with E-state index in [1.165, 1.54) is 6.21 Å². The molecule has 0 saturated heterocycles. The number of nitrogens with one attached hydrogen (secondary N) is 1. The zero-order valence-electron chi connectivity index (χ0n) is 17.8. The van der Waals surface area contributed by atoms with Crippen molar-refractivity contribution in [3.8, 4) is 11.5 Å². The maximum absolute atomic E-state index is 12.9. The lowest BCUT2D eigenvalue weighted by atomic mass is 10.1. The van der Waals surface area contributed by atoms with Gasteiger partial charge in [0.2, 0.25) is 0 Å². The molecule has 3 aromatic rings. The second kappa shape index (κ2) is 10.9. The Morgan fingerprint density at radius 2 is 1.85 bits per heavy atom. The molecule has 0 aliphatic carbocycles. The maximum Gasteiger partial charge on any atom is 0.416 e. The first-order chi connectivity index (χ1) is 16.2. The molecule has 0 atom stereocenters. The van der Waals surface area contributed by atoms with Crippen molar-refractivity contribution in [3.63, 3.8) is 0 Å². The fourth-order valence-corrected chi connectivity index (χ4v) is 3.20. The summed E-state index contributed by atoms with van der Waals surface area (Å²) in [6.07, 6.45) is -3.40. The minimum Gasteiger partial charge on any atom is -0.490 e. The van der Waals surface area contributed by atoms with Gasteiger partial charge in [0.25, 0.3) is 5.69 Å². The summed E-state index contributed by atoms with van der Waals surface area (Å²) in [6, 6.07) is 14.8. The lowest BCUT2D eigenvalue weighted by molar-refractivity contribution is -0.384. The van der Waals surface area contributed by atoms with Crippen molar-refractivity contribution in [2.45, 2.75) is 19.7 Å². The number of ether oxygens (including phenoxy) is 2. The molecule has 7 nitrogen and oxygen atoms in total. The number of hydrazone groups is 1. The van der Waals surface area contributed by atoms with Crippen LogP contribution in [0.15, 0.2) is 65.8 Å². The Kier molecular flexibility index (Phi) is 7.95. The van der Waals surface area contributed by atoms with Crippen LogP contribution in [-0.2, 0) is 12.8 Å².